The molecule has 1 saturated heterocycles. The van der Waals surface area contributed by atoms with Crippen LogP contribution in [0.15, 0.2) is 54.6 Å². The van der Waals surface area contributed by atoms with Gasteiger partial charge in [0.25, 0.3) is 0 Å². The first-order valence-corrected chi connectivity index (χ1v) is 13.7. The largest absolute Gasteiger partial charge is 0.385 e. The van der Waals surface area contributed by atoms with Crippen LogP contribution < -0.4 is 16.0 Å². The van der Waals surface area contributed by atoms with Crippen molar-refractivity contribution in [2.75, 3.05) is 25.0 Å². The highest BCUT2D eigenvalue weighted by atomic mass is 16.2. The van der Waals surface area contributed by atoms with Crippen molar-refractivity contribution in [2.24, 2.45) is 11.3 Å². The smallest absolute Gasteiger partial charge is 0.226 e. The van der Waals surface area contributed by atoms with E-state index in [9.17, 15) is 9.59 Å². The average molecular weight is 487 g/mol. The lowest BCUT2D eigenvalue weighted by Crippen LogP contribution is -2.78. The summed E-state index contributed by atoms with van der Waals surface area (Å²) >= 11 is 0. The molecule has 3 saturated carbocycles. The maximum atomic E-state index is 13.0. The first-order chi connectivity index (χ1) is 17.5. The number of amides is 2. The van der Waals surface area contributed by atoms with Crippen LogP contribution in [0.5, 0.6) is 0 Å². The second kappa shape index (κ2) is 9.55. The number of nitrogens with one attached hydrogen (secondary N) is 3. The van der Waals surface area contributed by atoms with Crippen molar-refractivity contribution in [3.63, 3.8) is 0 Å². The molecule has 2 bridgehead atoms. The highest BCUT2D eigenvalue weighted by Gasteiger charge is 2.72. The van der Waals surface area contributed by atoms with Gasteiger partial charge in [0.15, 0.2) is 0 Å². The Morgan fingerprint density at radius 2 is 1.69 bits per heavy atom. The molecule has 3 aliphatic carbocycles. The van der Waals surface area contributed by atoms with E-state index in [1.165, 1.54) is 16.8 Å². The molecular weight excluding hydrogens is 448 g/mol. The normalized spacial score (nSPS) is 29.2. The number of carbonyl (C=O) groups is 2. The summed E-state index contributed by atoms with van der Waals surface area (Å²) < 4.78 is 0. The Balaban J connectivity index is 0.894. The first-order valence-electron chi connectivity index (χ1n) is 13.7. The number of para-hydroxylation sites is 1. The van der Waals surface area contributed by atoms with Gasteiger partial charge in [-0.25, -0.2) is 0 Å². The Bertz CT molecular complexity index is 1090. The quantitative estimate of drug-likeness (QED) is 0.530. The van der Waals surface area contributed by atoms with Crippen molar-refractivity contribution in [2.45, 2.75) is 69.5 Å². The summed E-state index contributed by atoms with van der Waals surface area (Å²) in [4.78, 5) is 28.2. The van der Waals surface area contributed by atoms with Crippen molar-refractivity contribution >= 4 is 17.5 Å². The van der Waals surface area contributed by atoms with Crippen molar-refractivity contribution in [1.29, 1.82) is 0 Å². The molecule has 6 heteroatoms. The molecule has 0 spiro atoms. The van der Waals surface area contributed by atoms with Gasteiger partial charge in [-0.3, -0.25) is 14.5 Å². The lowest BCUT2D eigenvalue weighted by Gasteiger charge is -2.69. The van der Waals surface area contributed by atoms with E-state index in [1.807, 2.05) is 0 Å². The molecule has 7 rings (SSSR count). The Kier molecular flexibility index (Phi) is 6.24. The molecule has 190 valence electrons. The van der Waals surface area contributed by atoms with E-state index in [0.29, 0.717) is 12.3 Å². The zero-order chi connectivity index (χ0) is 24.6. The highest BCUT2D eigenvalue weighted by Crippen LogP contribution is 2.67. The second-order valence-corrected chi connectivity index (χ2v) is 11.8. The van der Waals surface area contributed by atoms with Gasteiger partial charge in [-0.2, -0.15) is 0 Å². The van der Waals surface area contributed by atoms with Crippen LogP contribution in [0.1, 0.15) is 56.1 Å². The van der Waals surface area contributed by atoms with Crippen LogP contribution in [-0.4, -0.2) is 47.9 Å². The molecule has 6 nitrogen and oxygen atoms in total. The van der Waals surface area contributed by atoms with Gasteiger partial charge in [0.1, 0.15) is 0 Å². The van der Waals surface area contributed by atoms with E-state index in [0.717, 1.165) is 71.1 Å². The van der Waals surface area contributed by atoms with E-state index in [2.05, 4.69) is 75.4 Å². The Labute approximate surface area is 214 Å². The summed E-state index contributed by atoms with van der Waals surface area (Å²) in [7, 11) is 0. The number of nitrogens with zero attached hydrogens (tertiary/aromatic N) is 1. The van der Waals surface area contributed by atoms with Crippen molar-refractivity contribution in [1.82, 2.24) is 15.5 Å². The van der Waals surface area contributed by atoms with Gasteiger partial charge < -0.3 is 16.0 Å². The van der Waals surface area contributed by atoms with Crippen LogP contribution in [0.4, 0.5) is 5.69 Å². The minimum absolute atomic E-state index is 0.120. The van der Waals surface area contributed by atoms with Gasteiger partial charge in [0.2, 0.25) is 11.8 Å². The number of benzene rings is 2. The number of piperidine rings is 1. The van der Waals surface area contributed by atoms with Gasteiger partial charge in [-0.05, 0) is 68.1 Å². The number of anilines is 1. The SMILES string of the molecule is O=C(CCC1CNc2ccccc2C1)NC12CC(C(=O)NC3CCN(Cc4ccccc4)CC3)(C1)C2. The molecule has 0 aromatic heterocycles. The molecule has 2 heterocycles. The van der Waals surface area contributed by atoms with Gasteiger partial charge in [-0.1, -0.05) is 48.5 Å². The highest BCUT2D eigenvalue weighted by molar-refractivity contribution is 5.89. The van der Waals surface area contributed by atoms with Crippen LogP contribution in [0, 0.1) is 11.3 Å². The van der Waals surface area contributed by atoms with E-state index in [-0.39, 0.29) is 28.8 Å². The number of fused-ring (bicyclic) bond motifs is 1. The summed E-state index contributed by atoms with van der Waals surface area (Å²) in [5.41, 5.74) is 3.58. The summed E-state index contributed by atoms with van der Waals surface area (Å²) in [5, 5.41) is 10.1. The van der Waals surface area contributed by atoms with Crippen LogP contribution in [0.3, 0.4) is 0 Å². The van der Waals surface area contributed by atoms with Crippen LogP contribution in [0.2, 0.25) is 0 Å². The maximum absolute atomic E-state index is 13.0. The Morgan fingerprint density at radius 3 is 2.47 bits per heavy atom. The van der Waals surface area contributed by atoms with Crippen LogP contribution in [0.25, 0.3) is 0 Å². The molecule has 1 atom stereocenters. The van der Waals surface area contributed by atoms with Gasteiger partial charge in [0, 0.05) is 49.9 Å². The zero-order valence-electron chi connectivity index (χ0n) is 21.1. The number of carbonyl (C=O) groups excluding carboxylic acids is 2. The van der Waals surface area contributed by atoms with Gasteiger partial charge in [0.05, 0.1) is 5.41 Å². The van der Waals surface area contributed by atoms with Crippen LogP contribution in [-0.2, 0) is 22.6 Å². The van der Waals surface area contributed by atoms with Gasteiger partial charge >= 0.3 is 0 Å². The number of hydrogen-bond acceptors (Lipinski definition) is 4. The standard InChI is InChI=1S/C30H38N4O2/c35-27(11-10-23-16-24-8-4-5-9-26(24)31-17-23)33-30-19-29(20-30,21-30)28(36)32-25-12-14-34(15-13-25)18-22-6-2-1-3-7-22/h1-9,23,25,31H,10-21H2,(H,32,36)(H,33,35). The molecule has 2 aromatic rings. The van der Waals surface area contributed by atoms with E-state index < -0.39 is 0 Å². The molecule has 2 aromatic carbocycles. The van der Waals surface area contributed by atoms with Crippen LogP contribution >= 0.6 is 0 Å². The third-order valence-corrected chi connectivity index (χ3v) is 8.98. The second-order valence-electron chi connectivity index (χ2n) is 11.8. The Morgan fingerprint density at radius 1 is 0.972 bits per heavy atom. The van der Waals surface area contributed by atoms with E-state index in [1.54, 1.807) is 0 Å². The monoisotopic (exact) mass is 486 g/mol. The summed E-state index contributed by atoms with van der Waals surface area (Å²) in [6.07, 6.45) is 6.95. The third-order valence-electron chi connectivity index (χ3n) is 8.98. The molecule has 5 aliphatic rings. The molecule has 1 unspecified atom stereocenters. The number of likely N-dealkylation sites (tertiary alicyclic amines) is 1. The summed E-state index contributed by atoms with van der Waals surface area (Å²) in [6.45, 7) is 3.96. The van der Waals surface area contributed by atoms with Crippen molar-refractivity contribution in [3.8, 4) is 0 Å². The van der Waals surface area contributed by atoms with Crippen molar-refractivity contribution < 1.29 is 9.59 Å². The topological polar surface area (TPSA) is 73.5 Å². The molecule has 0 radical (unpaired) electrons. The summed E-state index contributed by atoms with van der Waals surface area (Å²) in [5.74, 6) is 0.857. The predicted octanol–water partition coefficient (Wildman–Crippen LogP) is 3.87. The maximum Gasteiger partial charge on any atom is 0.226 e. The molecule has 2 aliphatic heterocycles. The molecular formula is C30H38N4O2. The van der Waals surface area contributed by atoms with E-state index >= 15 is 0 Å². The molecule has 2 amide bonds. The molecule has 3 N–H and O–H groups in total. The number of hydrogen-bond donors (Lipinski definition) is 3. The van der Waals surface area contributed by atoms with Gasteiger partial charge in [-0.15, -0.1) is 0 Å². The zero-order valence-corrected chi connectivity index (χ0v) is 21.1. The fourth-order valence-electron chi connectivity index (χ4n) is 6.98. The fourth-order valence-corrected chi connectivity index (χ4v) is 6.98. The van der Waals surface area contributed by atoms with Crippen molar-refractivity contribution in [3.05, 3.63) is 65.7 Å². The predicted molar refractivity (Wildman–Crippen MR) is 141 cm³/mol. The lowest BCUT2D eigenvalue weighted by atomic mass is 9.39. The summed E-state index contributed by atoms with van der Waals surface area (Å²) in [6, 6.07) is 19.3. The number of rotatable bonds is 8. The Hall–Kier alpha value is -2.86. The minimum atomic E-state index is -0.231. The lowest BCUT2D eigenvalue weighted by molar-refractivity contribution is -0.184. The average Bonchev–Trinajstić information content (AvgIpc) is 2.85. The first kappa shape index (κ1) is 23.5. The third kappa shape index (κ3) is 4.75. The molecule has 4 fully saturated rings. The fraction of sp³-hybridized carbons (Fsp3) is 0.533. The molecule has 36 heavy (non-hydrogen) atoms. The van der Waals surface area contributed by atoms with E-state index in [4.69, 9.17) is 0 Å². The minimum Gasteiger partial charge on any atom is -0.385 e.